The van der Waals surface area contributed by atoms with E-state index in [2.05, 4.69) is 22.0 Å². The number of hydrogen-bond donors (Lipinski definition) is 2. The quantitative estimate of drug-likeness (QED) is 0.342. The first kappa shape index (κ1) is 19.5. The average Bonchev–Trinajstić information content (AvgIpc) is 3.29. The van der Waals surface area contributed by atoms with Gasteiger partial charge in [-0.25, -0.2) is 4.79 Å². The van der Waals surface area contributed by atoms with Crippen molar-refractivity contribution in [2.75, 3.05) is 4.72 Å². The highest BCUT2D eigenvalue weighted by Crippen LogP contribution is 2.45. The monoisotopic (exact) mass is 431 g/mol. The van der Waals surface area contributed by atoms with Gasteiger partial charge in [0.2, 0.25) is 0 Å². The Morgan fingerprint density at radius 1 is 1.19 bits per heavy atom. The lowest BCUT2D eigenvalue weighted by atomic mass is 10.1. The molecule has 2 aromatic carbocycles. The van der Waals surface area contributed by atoms with Crippen LogP contribution in [-0.2, 0) is 0 Å². The van der Waals surface area contributed by atoms with Crippen LogP contribution in [0.4, 0.5) is 5.69 Å². The summed E-state index contributed by atoms with van der Waals surface area (Å²) in [7, 11) is 0. The molecule has 1 aliphatic carbocycles. The van der Waals surface area contributed by atoms with E-state index in [1.165, 1.54) is 17.5 Å². The Morgan fingerprint density at radius 2 is 2.00 bits per heavy atom. The van der Waals surface area contributed by atoms with E-state index in [1.54, 1.807) is 18.3 Å². The van der Waals surface area contributed by atoms with Gasteiger partial charge >= 0.3 is 5.97 Å². The molecule has 1 aliphatic rings. The molecule has 0 atom stereocenters. The van der Waals surface area contributed by atoms with Crippen molar-refractivity contribution in [3.63, 3.8) is 0 Å². The third-order valence-corrected chi connectivity index (χ3v) is 6.38. The van der Waals surface area contributed by atoms with Crippen molar-refractivity contribution in [3.8, 4) is 16.8 Å². The highest BCUT2D eigenvalue weighted by molar-refractivity contribution is 8.00. The van der Waals surface area contributed by atoms with E-state index in [1.807, 2.05) is 48.1 Å². The Balaban J connectivity index is 1.51. The molecule has 0 amide bonds. The minimum Gasteiger partial charge on any atom is -0.478 e. The van der Waals surface area contributed by atoms with Crippen LogP contribution < -0.4 is 4.72 Å². The lowest BCUT2D eigenvalue weighted by Gasteiger charge is -2.16. The lowest BCUT2D eigenvalue weighted by molar-refractivity contribution is 0.0696. The highest BCUT2D eigenvalue weighted by atomic mass is 32.2. The Hall–Kier alpha value is -3.45. The molecule has 0 bridgehead atoms. The summed E-state index contributed by atoms with van der Waals surface area (Å²) in [4.78, 5) is 12.4. The van der Waals surface area contributed by atoms with Gasteiger partial charge in [0.25, 0.3) is 0 Å². The van der Waals surface area contributed by atoms with Crippen molar-refractivity contribution >= 4 is 23.6 Å². The van der Waals surface area contributed by atoms with Crippen LogP contribution in [0.3, 0.4) is 0 Å². The number of rotatable bonds is 7. The summed E-state index contributed by atoms with van der Waals surface area (Å²) in [6.07, 6.45) is 8.01. The van der Waals surface area contributed by atoms with Gasteiger partial charge in [-0.2, -0.15) is 0 Å². The van der Waals surface area contributed by atoms with Gasteiger partial charge in [-0.3, -0.25) is 0 Å². The molecule has 0 unspecified atom stereocenters. The molecule has 0 radical (unpaired) electrons. The number of benzene rings is 2. The number of nitrogens with zero attached hydrogens (tertiary/aromatic N) is 2. The van der Waals surface area contributed by atoms with E-state index in [0.29, 0.717) is 11.5 Å². The standard InChI is InChI=1S/C24H21N3O3S/c1-15-20(14-25-30-15)17-7-9-22(27-10-2-3-11-27)21(12-17)26-31-23-13-18(24(28)29)6-8-19(23)16-4-5-16/h2-3,6-14,16,26H,4-5H2,1H3,(H,28,29). The zero-order chi connectivity index (χ0) is 21.4. The fourth-order valence-electron chi connectivity index (χ4n) is 3.68. The maximum Gasteiger partial charge on any atom is 0.335 e. The molecule has 156 valence electrons. The maximum atomic E-state index is 11.5. The Kier molecular flexibility index (Phi) is 5.03. The minimum absolute atomic E-state index is 0.299. The first-order valence-electron chi connectivity index (χ1n) is 10.1. The van der Waals surface area contributed by atoms with Crippen molar-refractivity contribution < 1.29 is 14.4 Å². The first-order chi connectivity index (χ1) is 15.1. The van der Waals surface area contributed by atoms with Crippen molar-refractivity contribution in [3.05, 3.63) is 84.0 Å². The van der Waals surface area contributed by atoms with Crippen LogP contribution in [-0.4, -0.2) is 20.8 Å². The Morgan fingerprint density at radius 3 is 2.68 bits per heavy atom. The van der Waals surface area contributed by atoms with Gasteiger partial charge < -0.3 is 18.9 Å². The van der Waals surface area contributed by atoms with E-state index >= 15 is 0 Å². The number of aromatic carboxylic acids is 1. The number of carbonyl (C=O) groups is 1. The molecule has 2 N–H and O–H groups in total. The molecule has 5 rings (SSSR count). The van der Waals surface area contributed by atoms with E-state index < -0.39 is 5.97 Å². The fraction of sp³-hybridized carbons (Fsp3) is 0.167. The van der Waals surface area contributed by atoms with Gasteiger partial charge in [-0.05, 0) is 85.2 Å². The molecule has 2 heterocycles. The third kappa shape index (κ3) is 3.96. The lowest BCUT2D eigenvalue weighted by Crippen LogP contribution is -2.01. The predicted molar refractivity (Wildman–Crippen MR) is 121 cm³/mol. The van der Waals surface area contributed by atoms with Crippen LogP contribution in [0.5, 0.6) is 0 Å². The van der Waals surface area contributed by atoms with Gasteiger partial charge in [0.1, 0.15) is 5.76 Å². The smallest absolute Gasteiger partial charge is 0.335 e. The zero-order valence-electron chi connectivity index (χ0n) is 16.9. The number of aromatic nitrogens is 2. The van der Waals surface area contributed by atoms with Crippen molar-refractivity contribution in [2.24, 2.45) is 0 Å². The number of anilines is 1. The van der Waals surface area contributed by atoms with Gasteiger partial charge in [0, 0.05) is 22.9 Å². The fourth-order valence-corrected chi connectivity index (χ4v) is 4.60. The summed E-state index contributed by atoms with van der Waals surface area (Å²) in [6, 6.07) is 15.5. The minimum atomic E-state index is -0.915. The maximum absolute atomic E-state index is 11.5. The van der Waals surface area contributed by atoms with Gasteiger partial charge in [-0.1, -0.05) is 17.3 Å². The largest absolute Gasteiger partial charge is 0.478 e. The number of hydrogen-bond acceptors (Lipinski definition) is 5. The molecular formula is C24H21N3O3S. The predicted octanol–water partition coefficient (Wildman–Crippen LogP) is 6.14. The summed E-state index contributed by atoms with van der Waals surface area (Å²) >= 11 is 1.46. The van der Waals surface area contributed by atoms with Crippen LogP contribution in [0.25, 0.3) is 16.8 Å². The average molecular weight is 432 g/mol. The van der Waals surface area contributed by atoms with Gasteiger partial charge in [-0.15, -0.1) is 0 Å². The van der Waals surface area contributed by atoms with Crippen LogP contribution >= 0.6 is 11.9 Å². The number of nitrogens with one attached hydrogen (secondary N) is 1. The summed E-state index contributed by atoms with van der Waals surface area (Å²) in [6.45, 7) is 1.89. The third-order valence-electron chi connectivity index (χ3n) is 5.49. The highest BCUT2D eigenvalue weighted by Gasteiger charge is 2.27. The molecule has 4 aromatic rings. The molecular weight excluding hydrogens is 410 g/mol. The SMILES string of the molecule is Cc1oncc1-c1ccc(-n2cccc2)c(NSc2cc(C(=O)O)ccc2C2CC2)c1. The van der Waals surface area contributed by atoms with Crippen LogP contribution in [0.2, 0.25) is 0 Å². The molecule has 0 aliphatic heterocycles. The second kappa shape index (κ2) is 8.00. The summed E-state index contributed by atoms with van der Waals surface area (Å²) in [5.74, 6) is 0.363. The normalized spacial score (nSPS) is 13.3. The second-order valence-electron chi connectivity index (χ2n) is 7.65. The van der Waals surface area contributed by atoms with Crippen molar-refractivity contribution in [1.82, 2.24) is 9.72 Å². The molecule has 7 heteroatoms. The first-order valence-corrected chi connectivity index (χ1v) is 10.9. The summed E-state index contributed by atoms with van der Waals surface area (Å²) < 4.78 is 10.8. The molecule has 2 aromatic heterocycles. The summed E-state index contributed by atoms with van der Waals surface area (Å²) in [5, 5.41) is 13.3. The van der Waals surface area contributed by atoms with Gasteiger partial charge in [0.15, 0.2) is 0 Å². The summed E-state index contributed by atoms with van der Waals surface area (Å²) in [5.41, 5.74) is 5.36. The molecule has 0 saturated heterocycles. The molecule has 1 fully saturated rings. The number of aryl methyl sites for hydroxylation is 1. The molecule has 31 heavy (non-hydrogen) atoms. The van der Waals surface area contributed by atoms with Crippen LogP contribution in [0.15, 0.2) is 76.5 Å². The zero-order valence-corrected chi connectivity index (χ0v) is 17.7. The van der Waals surface area contributed by atoms with Gasteiger partial charge in [0.05, 0.1) is 23.1 Å². The van der Waals surface area contributed by atoms with Crippen molar-refractivity contribution in [2.45, 2.75) is 30.6 Å². The Bertz CT molecular complexity index is 1240. The Labute approximate surface area is 184 Å². The number of carboxylic acids is 1. The molecule has 6 nitrogen and oxygen atoms in total. The second-order valence-corrected chi connectivity index (χ2v) is 8.50. The topological polar surface area (TPSA) is 80.3 Å². The van der Waals surface area contributed by atoms with E-state index in [-0.39, 0.29) is 0 Å². The van der Waals surface area contributed by atoms with E-state index in [0.717, 1.165) is 46.0 Å². The van der Waals surface area contributed by atoms with Crippen LogP contribution in [0, 0.1) is 6.92 Å². The van der Waals surface area contributed by atoms with Crippen molar-refractivity contribution in [1.29, 1.82) is 0 Å². The number of carboxylic acid groups (broad SMARTS) is 1. The van der Waals surface area contributed by atoms with Crippen LogP contribution in [0.1, 0.15) is 40.4 Å². The van der Waals surface area contributed by atoms with E-state index in [9.17, 15) is 9.90 Å². The van der Waals surface area contributed by atoms with E-state index in [4.69, 9.17) is 4.52 Å². The molecule has 0 spiro atoms. The molecule has 1 saturated carbocycles.